The molecule has 1 saturated heterocycles. The zero-order valence-corrected chi connectivity index (χ0v) is 32.5. The van der Waals surface area contributed by atoms with Crippen molar-refractivity contribution in [2.75, 3.05) is 6.61 Å². The van der Waals surface area contributed by atoms with Crippen LogP contribution in [-0.2, 0) is 37.2 Å². The number of hydrogen-bond donors (Lipinski definition) is 4. The van der Waals surface area contributed by atoms with Gasteiger partial charge >= 0.3 is 65.1 Å². The molecular formula is C26H49NNa2O13P2. The number of phosphoric ester groups is 2. The predicted molar refractivity (Wildman–Crippen MR) is 148 cm³/mol. The number of unbranched alkanes of at least 4 members (excludes halogenated alkanes) is 12. The molecule has 1 amide bonds. The van der Waals surface area contributed by atoms with E-state index in [2.05, 4.69) is 28.2 Å². The summed E-state index contributed by atoms with van der Waals surface area (Å²) in [6.45, 7) is 3.22. The number of hydrogen-bond acceptors (Lipinski definition) is 11. The molecule has 1 rings (SSSR count). The molecule has 248 valence electrons. The molecule has 44 heavy (non-hydrogen) atoms. The van der Waals surface area contributed by atoms with Crippen LogP contribution in [-0.4, -0.2) is 64.0 Å². The molecule has 1 heterocycles. The Balaban J connectivity index is 0. The maximum absolute atomic E-state index is 12.8. The monoisotopic (exact) mass is 691 g/mol. The standard InChI is InChI=1S/C26H51NO13P2.2Na/c1-3-5-7-9-11-13-15-17-21(29)27-23-25(38-22(30)18-16-14-12-10-8-6-4-2)24(39-41(31,32)33)20(19-28)37-26(23)40-42(34,35)36;;/h20,23-26,28H,3-19H2,1-2H3,(H,27,29)(H2,31,32,33)(H2,34,35,36);;/q;2*+1/p-2/t20-,23-,24-,25-,26-;;/m1../s1. The number of amides is 1. The molecule has 0 aromatic heterocycles. The third-order valence-corrected chi connectivity index (χ3v) is 7.89. The van der Waals surface area contributed by atoms with Gasteiger partial charge in [0.1, 0.15) is 18.2 Å². The molecule has 0 aliphatic carbocycles. The fraction of sp³-hybridized carbons (Fsp3) is 0.923. The summed E-state index contributed by atoms with van der Waals surface area (Å²) in [6.07, 6.45) is 5.42. The number of phosphoric acid groups is 2. The van der Waals surface area contributed by atoms with Crippen molar-refractivity contribution in [3.63, 3.8) is 0 Å². The largest absolute Gasteiger partial charge is 1.00 e. The zero-order valence-electron chi connectivity index (χ0n) is 26.7. The maximum atomic E-state index is 12.8. The second-order valence-corrected chi connectivity index (χ2v) is 12.9. The molecule has 1 aliphatic heterocycles. The molecule has 0 saturated carbocycles. The Hall–Kier alpha value is 1.08. The number of esters is 1. The molecule has 1 fully saturated rings. The van der Waals surface area contributed by atoms with Crippen molar-refractivity contribution in [1.82, 2.24) is 5.32 Å². The van der Waals surface area contributed by atoms with Crippen molar-refractivity contribution >= 4 is 27.5 Å². The van der Waals surface area contributed by atoms with Crippen molar-refractivity contribution < 1.29 is 121 Å². The van der Waals surface area contributed by atoms with Gasteiger partial charge in [0.2, 0.25) is 5.91 Å². The second kappa shape index (κ2) is 26.0. The van der Waals surface area contributed by atoms with Crippen LogP contribution in [0.15, 0.2) is 0 Å². The van der Waals surface area contributed by atoms with E-state index < -0.39 is 64.8 Å². The van der Waals surface area contributed by atoms with Gasteiger partial charge in [-0.2, -0.15) is 0 Å². The van der Waals surface area contributed by atoms with Crippen molar-refractivity contribution in [2.24, 2.45) is 0 Å². The van der Waals surface area contributed by atoms with Crippen LogP contribution in [0.25, 0.3) is 0 Å². The Kier molecular flexibility index (Phi) is 27.9. The number of aliphatic hydroxyl groups excluding tert-OH is 1. The molecule has 4 N–H and O–H groups in total. The van der Waals surface area contributed by atoms with E-state index >= 15 is 0 Å². The summed E-state index contributed by atoms with van der Waals surface area (Å²) in [4.78, 5) is 67.6. The van der Waals surface area contributed by atoms with Crippen molar-refractivity contribution in [2.45, 2.75) is 147 Å². The summed E-state index contributed by atoms with van der Waals surface area (Å²) in [5.74, 6) is -1.44. The maximum Gasteiger partial charge on any atom is 1.00 e. The van der Waals surface area contributed by atoms with E-state index in [0.29, 0.717) is 12.8 Å². The van der Waals surface area contributed by atoms with Crippen LogP contribution in [0.1, 0.15) is 117 Å². The third-order valence-electron chi connectivity index (χ3n) is 6.91. The molecule has 14 nitrogen and oxygen atoms in total. The average Bonchev–Trinajstić information content (AvgIpc) is 2.89. The van der Waals surface area contributed by atoms with E-state index in [9.17, 15) is 43.4 Å². The SMILES string of the molecule is CCCCCCCCCC(=O)N[C@H]1[C@@H](OP(=O)([O-])O)O[C@H](CO)[C@@H](OP(=O)([O-])O)[C@@H]1OC(=O)CCCCCCCCC.[Na+].[Na+]. The molecule has 2 unspecified atom stereocenters. The first-order chi connectivity index (χ1) is 19.8. The Morgan fingerprint density at radius 3 is 1.66 bits per heavy atom. The first-order valence-electron chi connectivity index (χ1n) is 15.0. The van der Waals surface area contributed by atoms with Crippen molar-refractivity contribution in [1.29, 1.82) is 0 Å². The molecule has 7 atom stereocenters. The first kappa shape index (κ1) is 47.2. The van der Waals surface area contributed by atoms with Crippen molar-refractivity contribution in [3.05, 3.63) is 0 Å². The number of nitrogens with one attached hydrogen (secondary N) is 1. The minimum atomic E-state index is -5.51. The van der Waals surface area contributed by atoms with Gasteiger partial charge in [0, 0.05) is 12.8 Å². The molecule has 0 spiro atoms. The van der Waals surface area contributed by atoms with E-state index in [1.165, 1.54) is 0 Å². The van der Waals surface area contributed by atoms with E-state index in [1.807, 2.05) is 0 Å². The minimum absolute atomic E-state index is 0. The Labute approximate surface area is 305 Å². The molecule has 18 heteroatoms. The predicted octanol–water partition coefficient (Wildman–Crippen LogP) is -3.29. The van der Waals surface area contributed by atoms with Gasteiger partial charge in [0.15, 0.2) is 12.4 Å². The van der Waals surface area contributed by atoms with Crippen molar-refractivity contribution in [3.8, 4) is 0 Å². The van der Waals surface area contributed by atoms with Gasteiger partial charge in [-0.1, -0.05) is 90.9 Å². The summed E-state index contributed by atoms with van der Waals surface area (Å²) in [5.41, 5.74) is 0. The summed E-state index contributed by atoms with van der Waals surface area (Å²) in [7, 11) is -11.0. The fourth-order valence-corrected chi connectivity index (χ4v) is 5.79. The van der Waals surface area contributed by atoms with Crippen LogP contribution >= 0.6 is 15.6 Å². The summed E-state index contributed by atoms with van der Waals surface area (Å²) in [6, 6.07) is -1.69. The van der Waals surface area contributed by atoms with Gasteiger partial charge in [0.25, 0.3) is 15.6 Å². The van der Waals surface area contributed by atoms with Gasteiger partial charge in [-0.25, -0.2) is 0 Å². The number of carbonyl (C=O) groups is 2. The van der Waals surface area contributed by atoms with E-state index in [-0.39, 0.29) is 72.0 Å². The normalized spacial score (nSPS) is 24.2. The number of ether oxygens (including phenoxy) is 2. The zero-order chi connectivity index (χ0) is 31.6. The summed E-state index contributed by atoms with van der Waals surface area (Å²) >= 11 is 0. The number of carbonyl (C=O) groups excluding carboxylic acids is 2. The quantitative estimate of drug-likeness (QED) is 0.0358. The molecule has 0 aromatic rings. The topological polar surface area (TPSA) is 224 Å². The molecular weight excluding hydrogens is 642 g/mol. The van der Waals surface area contributed by atoms with Gasteiger partial charge in [-0.3, -0.25) is 23.2 Å². The van der Waals surface area contributed by atoms with E-state index in [4.69, 9.17) is 9.47 Å². The Bertz CT molecular complexity index is 877. The van der Waals surface area contributed by atoms with Crippen LogP contribution in [0, 0.1) is 0 Å². The summed E-state index contributed by atoms with van der Waals surface area (Å²) < 4.78 is 43.3. The Morgan fingerprint density at radius 2 is 1.20 bits per heavy atom. The summed E-state index contributed by atoms with van der Waals surface area (Å²) in [5, 5.41) is 12.2. The second-order valence-electron chi connectivity index (χ2n) is 10.6. The third kappa shape index (κ3) is 21.9. The average molecular weight is 692 g/mol. The first-order valence-corrected chi connectivity index (χ1v) is 18.0. The van der Waals surface area contributed by atoms with Crippen LogP contribution in [0.2, 0.25) is 0 Å². The molecule has 1 aliphatic rings. The molecule has 0 bridgehead atoms. The van der Waals surface area contributed by atoms with E-state index in [1.54, 1.807) is 0 Å². The van der Waals surface area contributed by atoms with Gasteiger partial charge in [0.05, 0.1) is 6.61 Å². The number of aliphatic hydroxyl groups is 1. The smallest absolute Gasteiger partial charge is 0.756 e. The fourth-order valence-electron chi connectivity index (χ4n) is 4.78. The van der Waals surface area contributed by atoms with E-state index in [0.717, 1.165) is 77.0 Å². The molecule has 0 radical (unpaired) electrons. The minimum Gasteiger partial charge on any atom is -0.756 e. The van der Waals surface area contributed by atoms with Crippen LogP contribution in [0.3, 0.4) is 0 Å². The van der Waals surface area contributed by atoms with Crippen LogP contribution in [0.5, 0.6) is 0 Å². The van der Waals surface area contributed by atoms with Gasteiger partial charge in [-0.05, 0) is 12.8 Å². The molecule has 0 aromatic carbocycles. The Morgan fingerprint density at radius 1 is 0.750 bits per heavy atom. The van der Waals surface area contributed by atoms with Crippen LogP contribution in [0.4, 0.5) is 0 Å². The van der Waals surface area contributed by atoms with Gasteiger partial charge in [-0.15, -0.1) is 0 Å². The number of rotatable bonds is 23. The van der Waals surface area contributed by atoms with Gasteiger partial charge < -0.3 is 44.0 Å². The van der Waals surface area contributed by atoms with Crippen LogP contribution < -0.4 is 74.2 Å².